The number of carbonyl (C=O) groups excluding carboxylic acids is 1. The quantitative estimate of drug-likeness (QED) is 0.821. The molecule has 0 radical (unpaired) electrons. The SMILES string of the molecule is NS(=O)(=O)c1ccc(F)c(C(=O)NCCc2nc3c(s2)CCCC3)c1. The highest BCUT2D eigenvalue weighted by Crippen LogP contribution is 2.26. The number of sulfonamides is 1. The Kier molecular flexibility index (Phi) is 5.16. The number of nitrogens with zero attached hydrogens (tertiary/aromatic N) is 1. The molecular formula is C16H18FN3O3S2. The Labute approximate surface area is 149 Å². The molecule has 1 aromatic carbocycles. The molecule has 0 unspecified atom stereocenters. The van der Waals surface area contributed by atoms with Crippen LogP contribution in [0.4, 0.5) is 4.39 Å². The summed E-state index contributed by atoms with van der Waals surface area (Å²) in [7, 11) is -4.00. The maximum atomic E-state index is 13.8. The maximum Gasteiger partial charge on any atom is 0.254 e. The van der Waals surface area contributed by atoms with E-state index in [1.165, 1.54) is 11.3 Å². The number of aromatic nitrogens is 1. The van der Waals surface area contributed by atoms with Crippen LogP contribution in [0, 0.1) is 5.82 Å². The fourth-order valence-corrected chi connectivity index (χ4v) is 4.44. The Hall–Kier alpha value is -1.84. The lowest BCUT2D eigenvalue weighted by Gasteiger charge is -2.07. The predicted molar refractivity (Wildman–Crippen MR) is 92.6 cm³/mol. The van der Waals surface area contributed by atoms with E-state index in [2.05, 4.69) is 10.3 Å². The number of hydrogen-bond acceptors (Lipinski definition) is 5. The number of thiazole rings is 1. The number of benzene rings is 1. The lowest BCUT2D eigenvalue weighted by Crippen LogP contribution is -2.27. The van der Waals surface area contributed by atoms with Crippen LogP contribution in [0.1, 0.15) is 38.8 Å². The van der Waals surface area contributed by atoms with Crippen molar-refractivity contribution in [2.75, 3.05) is 6.54 Å². The number of halogens is 1. The van der Waals surface area contributed by atoms with E-state index in [9.17, 15) is 17.6 Å². The molecule has 9 heteroatoms. The number of hydrogen-bond donors (Lipinski definition) is 2. The second-order valence-electron chi connectivity index (χ2n) is 5.88. The smallest absolute Gasteiger partial charge is 0.254 e. The van der Waals surface area contributed by atoms with E-state index in [0.717, 1.165) is 48.2 Å². The van der Waals surface area contributed by atoms with Crippen LogP contribution < -0.4 is 10.5 Å². The number of primary sulfonamides is 1. The summed E-state index contributed by atoms with van der Waals surface area (Å²) < 4.78 is 36.5. The van der Waals surface area contributed by atoms with Crippen LogP contribution in [0.5, 0.6) is 0 Å². The minimum atomic E-state index is -4.00. The Balaban J connectivity index is 1.64. The second kappa shape index (κ2) is 7.19. The van der Waals surface area contributed by atoms with Gasteiger partial charge in [-0.25, -0.2) is 22.9 Å². The Morgan fingerprint density at radius 2 is 2.08 bits per heavy atom. The highest BCUT2D eigenvalue weighted by molar-refractivity contribution is 7.89. The van der Waals surface area contributed by atoms with Gasteiger partial charge in [0.1, 0.15) is 5.82 Å². The summed E-state index contributed by atoms with van der Waals surface area (Å²) in [6.07, 6.45) is 4.96. The first-order valence-electron chi connectivity index (χ1n) is 7.92. The monoisotopic (exact) mass is 383 g/mol. The summed E-state index contributed by atoms with van der Waals surface area (Å²) in [4.78, 5) is 17.7. The Morgan fingerprint density at radius 1 is 1.32 bits per heavy atom. The number of nitrogens with two attached hydrogens (primary N) is 1. The topological polar surface area (TPSA) is 102 Å². The Morgan fingerprint density at radius 3 is 2.80 bits per heavy atom. The molecule has 1 aliphatic carbocycles. The fourth-order valence-electron chi connectivity index (χ4n) is 2.75. The van der Waals surface area contributed by atoms with Gasteiger partial charge in [-0.1, -0.05) is 0 Å². The van der Waals surface area contributed by atoms with Crippen molar-refractivity contribution in [3.05, 3.63) is 45.2 Å². The van der Waals surface area contributed by atoms with Crippen molar-refractivity contribution in [2.24, 2.45) is 5.14 Å². The lowest BCUT2D eigenvalue weighted by atomic mass is 10.0. The second-order valence-corrected chi connectivity index (χ2v) is 8.61. The zero-order valence-corrected chi connectivity index (χ0v) is 15.1. The number of rotatable bonds is 5. The zero-order chi connectivity index (χ0) is 18.0. The molecule has 1 heterocycles. The fraction of sp³-hybridized carbons (Fsp3) is 0.375. The zero-order valence-electron chi connectivity index (χ0n) is 13.4. The van der Waals surface area contributed by atoms with Crippen molar-refractivity contribution in [3.8, 4) is 0 Å². The standard InChI is InChI=1S/C16H18FN3O3S2/c17-12-6-5-10(25(18,22)23)9-11(12)16(21)19-8-7-15-20-13-3-1-2-4-14(13)24-15/h5-6,9H,1-4,7-8H2,(H,19,21)(H2,18,22,23). The molecule has 0 saturated carbocycles. The average molecular weight is 383 g/mol. The summed E-state index contributed by atoms with van der Waals surface area (Å²) in [5.41, 5.74) is 0.814. The largest absolute Gasteiger partial charge is 0.352 e. The van der Waals surface area contributed by atoms with Gasteiger partial charge in [0, 0.05) is 17.8 Å². The molecule has 6 nitrogen and oxygen atoms in total. The lowest BCUT2D eigenvalue weighted by molar-refractivity contribution is 0.0950. The molecule has 134 valence electrons. The van der Waals surface area contributed by atoms with Crippen molar-refractivity contribution >= 4 is 27.3 Å². The maximum absolute atomic E-state index is 13.8. The van der Waals surface area contributed by atoms with Crippen LogP contribution in [-0.4, -0.2) is 25.9 Å². The molecule has 0 aliphatic heterocycles. The first-order chi connectivity index (χ1) is 11.8. The van der Waals surface area contributed by atoms with E-state index in [1.54, 1.807) is 11.3 Å². The van der Waals surface area contributed by atoms with Crippen molar-refractivity contribution in [1.29, 1.82) is 0 Å². The van der Waals surface area contributed by atoms with Crippen molar-refractivity contribution < 1.29 is 17.6 Å². The number of fused-ring (bicyclic) bond motifs is 1. The summed E-state index contributed by atoms with van der Waals surface area (Å²) in [6, 6.07) is 2.90. The first-order valence-corrected chi connectivity index (χ1v) is 10.3. The molecule has 0 bridgehead atoms. The van der Waals surface area contributed by atoms with Gasteiger partial charge in [0.15, 0.2) is 0 Å². The summed E-state index contributed by atoms with van der Waals surface area (Å²) in [5, 5.41) is 8.56. The van der Waals surface area contributed by atoms with Gasteiger partial charge in [-0.2, -0.15) is 0 Å². The van der Waals surface area contributed by atoms with Crippen molar-refractivity contribution in [2.45, 2.75) is 37.0 Å². The first kappa shape index (κ1) is 18.0. The predicted octanol–water partition coefficient (Wildman–Crippen LogP) is 1.78. The minimum Gasteiger partial charge on any atom is -0.352 e. The minimum absolute atomic E-state index is 0.296. The Bertz CT molecular complexity index is 886. The van der Waals surface area contributed by atoms with E-state index < -0.39 is 21.7 Å². The molecule has 1 aromatic heterocycles. The van der Waals surface area contributed by atoms with Crippen LogP contribution >= 0.6 is 11.3 Å². The molecular weight excluding hydrogens is 365 g/mol. The summed E-state index contributed by atoms with van der Waals surface area (Å²) in [5.74, 6) is -1.47. The molecule has 0 saturated heterocycles. The highest BCUT2D eigenvalue weighted by atomic mass is 32.2. The van der Waals surface area contributed by atoms with Crippen LogP contribution in [0.15, 0.2) is 23.1 Å². The van der Waals surface area contributed by atoms with Gasteiger partial charge in [0.05, 0.1) is 21.2 Å². The molecule has 0 fully saturated rings. The van der Waals surface area contributed by atoms with Crippen molar-refractivity contribution in [1.82, 2.24) is 10.3 Å². The number of carbonyl (C=O) groups is 1. The molecule has 0 atom stereocenters. The molecule has 2 aromatic rings. The number of amides is 1. The van der Waals surface area contributed by atoms with Crippen LogP contribution in [0.25, 0.3) is 0 Å². The van der Waals surface area contributed by atoms with E-state index in [-0.39, 0.29) is 10.5 Å². The van der Waals surface area contributed by atoms with Crippen LogP contribution in [0.2, 0.25) is 0 Å². The van der Waals surface area contributed by atoms with Gasteiger partial charge in [0.2, 0.25) is 10.0 Å². The van der Waals surface area contributed by atoms with E-state index in [4.69, 9.17) is 5.14 Å². The molecule has 0 spiro atoms. The molecule has 1 amide bonds. The third kappa shape index (κ3) is 4.23. The van der Waals surface area contributed by atoms with Gasteiger partial charge in [0.25, 0.3) is 5.91 Å². The number of aryl methyl sites for hydroxylation is 2. The van der Waals surface area contributed by atoms with Gasteiger partial charge in [-0.3, -0.25) is 4.79 Å². The third-order valence-electron chi connectivity index (χ3n) is 4.03. The highest BCUT2D eigenvalue weighted by Gasteiger charge is 2.18. The van der Waals surface area contributed by atoms with Crippen LogP contribution in [-0.2, 0) is 29.3 Å². The summed E-state index contributed by atoms with van der Waals surface area (Å²) >= 11 is 1.66. The normalized spacial score (nSPS) is 14.2. The average Bonchev–Trinajstić information content (AvgIpc) is 2.96. The van der Waals surface area contributed by atoms with Gasteiger partial charge >= 0.3 is 0 Å². The molecule has 3 N–H and O–H groups in total. The van der Waals surface area contributed by atoms with E-state index in [1.807, 2.05) is 0 Å². The molecule has 3 rings (SSSR count). The molecule has 25 heavy (non-hydrogen) atoms. The van der Waals surface area contributed by atoms with E-state index in [0.29, 0.717) is 13.0 Å². The van der Waals surface area contributed by atoms with Gasteiger partial charge in [-0.05, 0) is 43.9 Å². The van der Waals surface area contributed by atoms with Crippen molar-refractivity contribution in [3.63, 3.8) is 0 Å². The third-order valence-corrected chi connectivity index (χ3v) is 6.15. The van der Waals surface area contributed by atoms with Gasteiger partial charge in [-0.15, -0.1) is 11.3 Å². The molecule has 1 aliphatic rings. The number of nitrogens with one attached hydrogen (secondary N) is 1. The van der Waals surface area contributed by atoms with Crippen LogP contribution in [0.3, 0.4) is 0 Å². The van der Waals surface area contributed by atoms with E-state index >= 15 is 0 Å². The summed E-state index contributed by atoms with van der Waals surface area (Å²) in [6.45, 7) is 0.296. The van der Waals surface area contributed by atoms with Gasteiger partial charge < -0.3 is 5.32 Å².